The van der Waals surface area contributed by atoms with E-state index in [2.05, 4.69) is 37.0 Å². The van der Waals surface area contributed by atoms with E-state index in [9.17, 15) is 0 Å². The molecule has 0 radical (unpaired) electrons. The predicted octanol–water partition coefficient (Wildman–Crippen LogP) is 3.69. The van der Waals surface area contributed by atoms with Gasteiger partial charge in [-0.05, 0) is 12.1 Å². The minimum Gasteiger partial charge on any atom is -0.294 e. The lowest BCUT2D eigenvalue weighted by Gasteiger charge is -2.28. The summed E-state index contributed by atoms with van der Waals surface area (Å²) in [6, 6.07) is 10.2. The van der Waals surface area contributed by atoms with Crippen LogP contribution in [0.4, 0.5) is 0 Å². The number of benzene rings is 1. The van der Waals surface area contributed by atoms with Crippen LogP contribution in [0.3, 0.4) is 0 Å². The van der Waals surface area contributed by atoms with Gasteiger partial charge in [0.25, 0.3) is 0 Å². The van der Waals surface area contributed by atoms with Crippen LogP contribution >= 0.6 is 11.6 Å². The summed E-state index contributed by atoms with van der Waals surface area (Å²) < 4.78 is 0. The lowest BCUT2D eigenvalue weighted by molar-refractivity contribution is 0.243. The summed E-state index contributed by atoms with van der Waals surface area (Å²) in [5.74, 6) is 0.676. The molecule has 1 aromatic carbocycles. The van der Waals surface area contributed by atoms with E-state index >= 15 is 0 Å². The minimum absolute atomic E-state index is 0.570. The summed E-state index contributed by atoms with van der Waals surface area (Å²) >= 11 is 6.44. The number of halogens is 1. The maximum Gasteiger partial charge on any atom is 0.162 e. The summed E-state index contributed by atoms with van der Waals surface area (Å²) in [5.41, 5.74) is 5.04. The number of nitrogens with zero attached hydrogens (tertiary/aromatic N) is 6. The molecule has 5 rings (SSSR count). The summed E-state index contributed by atoms with van der Waals surface area (Å²) in [4.78, 5) is 24.2. The minimum atomic E-state index is 0.570. The van der Waals surface area contributed by atoms with E-state index in [4.69, 9.17) is 16.6 Å². The highest BCUT2D eigenvalue weighted by atomic mass is 35.5. The molecule has 0 spiro atoms. The molecule has 138 valence electrons. The van der Waals surface area contributed by atoms with Crippen molar-refractivity contribution in [1.82, 2.24) is 29.8 Å². The van der Waals surface area contributed by atoms with Crippen LogP contribution in [-0.4, -0.2) is 36.4 Å². The Labute approximate surface area is 167 Å². The van der Waals surface area contributed by atoms with Gasteiger partial charge >= 0.3 is 0 Å². The van der Waals surface area contributed by atoms with Gasteiger partial charge in [0, 0.05) is 61.2 Å². The zero-order valence-corrected chi connectivity index (χ0v) is 15.8. The van der Waals surface area contributed by atoms with Gasteiger partial charge < -0.3 is 0 Å². The third-order valence-corrected chi connectivity index (χ3v) is 5.30. The maximum absolute atomic E-state index is 6.44. The lowest BCUT2D eigenvalue weighted by atomic mass is 10.1. The molecule has 0 amide bonds. The predicted molar refractivity (Wildman–Crippen MR) is 108 cm³/mol. The Morgan fingerprint density at radius 1 is 1.04 bits per heavy atom. The number of aromatic nitrogens is 5. The van der Waals surface area contributed by atoms with Gasteiger partial charge in [-0.25, -0.2) is 24.9 Å². The average Bonchev–Trinajstić information content (AvgIpc) is 2.74. The number of rotatable bonds is 3. The molecule has 0 bridgehead atoms. The third kappa shape index (κ3) is 3.32. The first-order valence-electron chi connectivity index (χ1n) is 9.13. The van der Waals surface area contributed by atoms with Gasteiger partial charge in [-0.15, -0.1) is 0 Å². The zero-order chi connectivity index (χ0) is 18.9. The van der Waals surface area contributed by atoms with Crippen molar-refractivity contribution in [2.45, 2.75) is 19.5 Å². The monoisotopic (exact) mass is 388 g/mol. The molecule has 0 saturated carbocycles. The summed E-state index contributed by atoms with van der Waals surface area (Å²) in [5, 5.41) is 1.68. The molecular weight excluding hydrogens is 372 g/mol. The van der Waals surface area contributed by atoms with Crippen molar-refractivity contribution in [2.75, 3.05) is 6.54 Å². The van der Waals surface area contributed by atoms with Gasteiger partial charge in [-0.3, -0.25) is 4.90 Å². The molecule has 4 heterocycles. The lowest BCUT2D eigenvalue weighted by Crippen LogP contribution is -2.31. The van der Waals surface area contributed by atoms with Crippen molar-refractivity contribution in [3.8, 4) is 11.4 Å². The van der Waals surface area contributed by atoms with E-state index in [-0.39, 0.29) is 0 Å². The summed E-state index contributed by atoms with van der Waals surface area (Å²) in [6.45, 7) is 2.46. The van der Waals surface area contributed by atoms with Crippen LogP contribution in [-0.2, 0) is 19.5 Å². The normalized spacial score (nSPS) is 14.2. The van der Waals surface area contributed by atoms with Crippen molar-refractivity contribution in [3.63, 3.8) is 0 Å². The molecule has 7 heteroatoms. The second-order valence-corrected chi connectivity index (χ2v) is 7.24. The molecule has 3 aromatic heterocycles. The van der Waals surface area contributed by atoms with E-state index in [1.807, 2.05) is 24.4 Å². The molecule has 1 aliphatic rings. The van der Waals surface area contributed by atoms with Crippen molar-refractivity contribution in [1.29, 1.82) is 0 Å². The molecule has 6 nitrogen and oxygen atoms in total. The fourth-order valence-electron chi connectivity index (χ4n) is 3.55. The first-order valence-corrected chi connectivity index (χ1v) is 9.51. The Morgan fingerprint density at radius 3 is 2.79 bits per heavy atom. The Hall–Kier alpha value is -2.96. The van der Waals surface area contributed by atoms with Gasteiger partial charge in [0.05, 0.1) is 16.8 Å². The molecule has 0 N–H and O–H groups in total. The summed E-state index contributed by atoms with van der Waals surface area (Å²) in [6.07, 6.45) is 7.76. The van der Waals surface area contributed by atoms with Gasteiger partial charge in [-0.2, -0.15) is 0 Å². The Morgan fingerprint density at radius 2 is 1.89 bits per heavy atom. The molecule has 0 atom stereocenters. The molecule has 28 heavy (non-hydrogen) atoms. The standard InChI is InChI=1S/C21H17ClN6/c22-20-15(7-14-3-1-2-4-18(14)26-20)11-28-6-5-19-17(12-28)10-25-21(27-19)16-8-23-13-24-9-16/h1-4,7-10,13H,5-6,11-12H2. The zero-order valence-electron chi connectivity index (χ0n) is 15.1. The van der Waals surface area contributed by atoms with Gasteiger partial charge in [0.1, 0.15) is 11.5 Å². The van der Waals surface area contributed by atoms with E-state index in [0.29, 0.717) is 11.0 Å². The average molecular weight is 389 g/mol. The van der Waals surface area contributed by atoms with Crippen molar-refractivity contribution in [3.05, 3.63) is 77.2 Å². The van der Waals surface area contributed by atoms with Gasteiger partial charge in [0.2, 0.25) is 0 Å². The second-order valence-electron chi connectivity index (χ2n) is 6.88. The van der Waals surface area contributed by atoms with E-state index in [1.54, 1.807) is 12.4 Å². The fraction of sp³-hybridized carbons (Fsp3) is 0.190. The molecule has 0 unspecified atom stereocenters. The van der Waals surface area contributed by atoms with Crippen molar-refractivity contribution < 1.29 is 0 Å². The van der Waals surface area contributed by atoms with Crippen LogP contribution in [0.1, 0.15) is 16.8 Å². The first-order chi connectivity index (χ1) is 13.8. The Balaban J connectivity index is 1.37. The molecule has 0 aliphatic carbocycles. The van der Waals surface area contributed by atoms with Crippen LogP contribution in [0.15, 0.2) is 55.2 Å². The number of para-hydroxylation sites is 1. The number of hydrogen-bond donors (Lipinski definition) is 0. The topological polar surface area (TPSA) is 67.7 Å². The highest BCUT2D eigenvalue weighted by Gasteiger charge is 2.20. The number of fused-ring (bicyclic) bond motifs is 2. The van der Waals surface area contributed by atoms with Crippen LogP contribution < -0.4 is 0 Å². The SMILES string of the molecule is Clc1nc2ccccc2cc1CN1CCc2nc(-c3cncnc3)ncc2C1. The van der Waals surface area contributed by atoms with Gasteiger partial charge in [-0.1, -0.05) is 29.8 Å². The fourth-order valence-corrected chi connectivity index (χ4v) is 3.76. The van der Waals surface area contributed by atoms with E-state index in [0.717, 1.165) is 59.3 Å². The second kappa shape index (κ2) is 7.22. The smallest absolute Gasteiger partial charge is 0.162 e. The van der Waals surface area contributed by atoms with Crippen LogP contribution in [0, 0.1) is 0 Å². The maximum atomic E-state index is 6.44. The largest absolute Gasteiger partial charge is 0.294 e. The highest BCUT2D eigenvalue weighted by molar-refractivity contribution is 6.30. The molecule has 0 saturated heterocycles. The Kier molecular flexibility index (Phi) is 4.43. The van der Waals surface area contributed by atoms with Crippen LogP contribution in [0.5, 0.6) is 0 Å². The molecule has 1 aliphatic heterocycles. The van der Waals surface area contributed by atoms with Crippen molar-refractivity contribution >= 4 is 22.5 Å². The van der Waals surface area contributed by atoms with Crippen LogP contribution in [0.25, 0.3) is 22.3 Å². The van der Waals surface area contributed by atoms with Crippen molar-refractivity contribution in [2.24, 2.45) is 0 Å². The van der Waals surface area contributed by atoms with Crippen LogP contribution in [0.2, 0.25) is 5.15 Å². The number of pyridine rings is 1. The molecule has 0 fully saturated rings. The van der Waals surface area contributed by atoms with E-state index < -0.39 is 0 Å². The highest BCUT2D eigenvalue weighted by Crippen LogP contribution is 2.25. The quantitative estimate of drug-likeness (QED) is 0.498. The van der Waals surface area contributed by atoms with E-state index in [1.165, 1.54) is 6.33 Å². The molecular formula is C21H17ClN6. The Bertz CT molecular complexity index is 1150. The number of hydrogen-bond acceptors (Lipinski definition) is 6. The van der Waals surface area contributed by atoms with Gasteiger partial charge in [0.15, 0.2) is 5.82 Å². The summed E-state index contributed by atoms with van der Waals surface area (Å²) in [7, 11) is 0. The molecule has 4 aromatic rings. The first kappa shape index (κ1) is 17.2. The third-order valence-electron chi connectivity index (χ3n) is 4.98.